The first-order valence-electron chi connectivity index (χ1n) is 2.66. The van der Waals surface area contributed by atoms with Gasteiger partial charge in [-0.05, 0) is 12.5 Å². The number of H-pyrrole nitrogens is 1. The van der Waals surface area contributed by atoms with Crippen LogP contribution < -0.4 is 5.73 Å². The van der Waals surface area contributed by atoms with E-state index in [1.807, 2.05) is 6.92 Å². The number of allylic oxidation sites excluding steroid dienone is 1. The van der Waals surface area contributed by atoms with Gasteiger partial charge in [0.1, 0.15) is 5.82 Å². The number of aromatic nitrogens is 2. The van der Waals surface area contributed by atoms with Crippen LogP contribution in [0.1, 0.15) is 12.5 Å². The number of aromatic amines is 1. The second-order valence-electron chi connectivity index (χ2n) is 1.98. The molecule has 0 saturated carbocycles. The monoisotopic (exact) mass is 123 g/mol. The molecule has 1 aromatic heterocycles. The standard InChI is InChI=1S/C6H9N3/c1-4(2)5-3-8-9-6(5)7/h3H,1H2,2H3,(H3,7,8,9). The molecule has 0 radical (unpaired) electrons. The van der Waals surface area contributed by atoms with Gasteiger partial charge in [0.2, 0.25) is 0 Å². The smallest absolute Gasteiger partial charge is 0.126 e. The number of anilines is 1. The maximum absolute atomic E-state index is 5.46. The predicted molar refractivity (Wildman–Crippen MR) is 37.7 cm³/mol. The molecule has 1 heterocycles. The molecule has 0 bridgehead atoms. The summed E-state index contributed by atoms with van der Waals surface area (Å²) in [5, 5.41) is 6.35. The summed E-state index contributed by atoms with van der Waals surface area (Å²) in [4.78, 5) is 0. The minimum Gasteiger partial charge on any atom is -0.384 e. The molecule has 3 nitrogen and oxygen atoms in total. The van der Waals surface area contributed by atoms with Crippen molar-refractivity contribution in [2.75, 3.05) is 5.73 Å². The molecule has 0 aliphatic rings. The lowest BCUT2D eigenvalue weighted by Crippen LogP contribution is -1.87. The van der Waals surface area contributed by atoms with Gasteiger partial charge >= 0.3 is 0 Å². The molecule has 0 spiro atoms. The van der Waals surface area contributed by atoms with Crippen LogP contribution in [0.5, 0.6) is 0 Å². The van der Waals surface area contributed by atoms with Crippen molar-refractivity contribution in [2.24, 2.45) is 0 Å². The van der Waals surface area contributed by atoms with Gasteiger partial charge in [-0.25, -0.2) is 0 Å². The van der Waals surface area contributed by atoms with Crippen LogP contribution in [0.4, 0.5) is 5.82 Å². The lowest BCUT2D eigenvalue weighted by Gasteiger charge is -1.91. The Hall–Kier alpha value is -1.25. The number of rotatable bonds is 1. The van der Waals surface area contributed by atoms with E-state index in [0.717, 1.165) is 11.1 Å². The van der Waals surface area contributed by atoms with E-state index in [2.05, 4.69) is 16.8 Å². The zero-order chi connectivity index (χ0) is 6.85. The average Bonchev–Trinajstić information content (AvgIpc) is 2.13. The van der Waals surface area contributed by atoms with Gasteiger partial charge in [-0.1, -0.05) is 6.58 Å². The molecule has 9 heavy (non-hydrogen) atoms. The number of nitrogen functional groups attached to an aromatic ring is 1. The maximum Gasteiger partial charge on any atom is 0.126 e. The van der Waals surface area contributed by atoms with Gasteiger partial charge < -0.3 is 5.73 Å². The Morgan fingerprint density at radius 2 is 2.56 bits per heavy atom. The molecule has 0 aromatic carbocycles. The highest BCUT2D eigenvalue weighted by molar-refractivity contribution is 5.68. The molecular formula is C6H9N3. The normalized spacial score (nSPS) is 9.44. The van der Waals surface area contributed by atoms with Crippen molar-refractivity contribution in [2.45, 2.75) is 6.92 Å². The van der Waals surface area contributed by atoms with Crippen LogP contribution in [0.3, 0.4) is 0 Å². The molecule has 0 aliphatic carbocycles. The van der Waals surface area contributed by atoms with E-state index in [-0.39, 0.29) is 0 Å². The van der Waals surface area contributed by atoms with Crippen molar-refractivity contribution in [3.63, 3.8) is 0 Å². The van der Waals surface area contributed by atoms with Crippen molar-refractivity contribution in [3.05, 3.63) is 18.3 Å². The topological polar surface area (TPSA) is 54.7 Å². The second-order valence-corrected chi connectivity index (χ2v) is 1.98. The summed E-state index contributed by atoms with van der Waals surface area (Å²) in [6, 6.07) is 0. The highest BCUT2D eigenvalue weighted by atomic mass is 15.1. The molecule has 0 aliphatic heterocycles. The zero-order valence-corrected chi connectivity index (χ0v) is 5.31. The molecule has 1 aromatic rings. The van der Waals surface area contributed by atoms with E-state index in [1.54, 1.807) is 6.20 Å². The quantitative estimate of drug-likeness (QED) is 0.585. The second kappa shape index (κ2) is 1.93. The molecular weight excluding hydrogens is 114 g/mol. The van der Waals surface area contributed by atoms with Crippen LogP contribution in [-0.4, -0.2) is 10.2 Å². The van der Waals surface area contributed by atoms with Gasteiger partial charge in [0.15, 0.2) is 0 Å². The maximum atomic E-state index is 5.46. The summed E-state index contributed by atoms with van der Waals surface area (Å²) in [7, 11) is 0. The van der Waals surface area contributed by atoms with Gasteiger partial charge in [0, 0.05) is 5.56 Å². The fourth-order valence-electron chi connectivity index (χ4n) is 0.636. The van der Waals surface area contributed by atoms with E-state index >= 15 is 0 Å². The molecule has 3 N–H and O–H groups in total. The van der Waals surface area contributed by atoms with Gasteiger partial charge in [0.25, 0.3) is 0 Å². The third kappa shape index (κ3) is 0.937. The predicted octanol–water partition coefficient (Wildman–Crippen LogP) is 1.02. The Bertz CT molecular complexity index is 224. The molecule has 0 atom stereocenters. The molecule has 0 fully saturated rings. The molecule has 0 unspecified atom stereocenters. The largest absolute Gasteiger partial charge is 0.384 e. The summed E-state index contributed by atoms with van der Waals surface area (Å²) in [6.45, 7) is 5.61. The zero-order valence-electron chi connectivity index (χ0n) is 5.31. The lowest BCUT2D eigenvalue weighted by atomic mass is 10.2. The van der Waals surface area contributed by atoms with E-state index in [1.165, 1.54) is 0 Å². The van der Waals surface area contributed by atoms with Crippen molar-refractivity contribution in [1.29, 1.82) is 0 Å². The van der Waals surface area contributed by atoms with Crippen LogP contribution in [0.15, 0.2) is 12.8 Å². The molecule has 3 heteroatoms. The van der Waals surface area contributed by atoms with E-state index < -0.39 is 0 Å². The average molecular weight is 123 g/mol. The van der Waals surface area contributed by atoms with Crippen LogP contribution in [-0.2, 0) is 0 Å². The van der Waals surface area contributed by atoms with Gasteiger partial charge in [-0.3, -0.25) is 5.10 Å². The van der Waals surface area contributed by atoms with Gasteiger partial charge in [0.05, 0.1) is 6.20 Å². The van der Waals surface area contributed by atoms with Crippen molar-refractivity contribution in [1.82, 2.24) is 10.2 Å². The third-order valence-corrected chi connectivity index (χ3v) is 1.13. The minimum atomic E-state index is 0.586. The van der Waals surface area contributed by atoms with Crippen LogP contribution in [0, 0.1) is 0 Å². The van der Waals surface area contributed by atoms with E-state index in [9.17, 15) is 0 Å². The van der Waals surface area contributed by atoms with Crippen LogP contribution in [0.2, 0.25) is 0 Å². The summed E-state index contributed by atoms with van der Waals surface area (Å²) in [6.07, 6.45) is 1.66. The summed E-state index contributed by atoms with van der Waals surface area (Å²) >= 11 is 0. The molecule has 0 amide bonds. The molecule has 0 saturated heterocycles. The van der Waals surface area contributed by atoms with Gasteiger partial charge in [-0.15, -0.1) is 0 Å². The van der Waals surface area contributed by atoms with Gasteiger partial charge in [-0.2, -0.15) is 5.10 Å². The van der Waals surface area contributed by atoms with Crippen molar-refractivity contribution >= 4 is 11.4 Å². The van der Waals surface area contributed by atoms with E-state index in [4.69, 9.17) is 5.73 Å². The number of hydrogen-bond donors (Lipinski definition) is 2. The van der Waals surface area contributed by atoms with Crippen LogP contribution in [0.25, 0.3) is 5.57 Å². The minimum absolute atomic E-state index is 0.586. The highest BCUT2D eigenvalue weighted by Gasteiger charge is 1.98. The Morgan fingerprint density at radius 3 is 2.78 bits per heavy atom. The summed E-state index contributed by atoms with van der Waals surface area (Å²) in [5.41, 5.74) is 7.29. The summed E-state index contributed by atoms with van der Waals surface area (Å²) in [5.74, 6) is 0.586. The first-order chi connectivity index (χ1) is 4.22. The Labute approximate surface area is 53.6 Å². The first-order valence-corrected chi connectivity index (χ1v) is 2.66. The van der Waals surface area contributed by atoms with Crippen LogP contribution >= 0.6 is 0 Å². The van der Waals surface area contributed by atoms with E-state index in [0.29, 0.717) is 5.82 Å². The number of hydrogen-bond acceptors (Lipinski definition) is 2. The lowest BCUT2D eigenvalue weighted by molar-refractivity contribution is 1.10. The number of nitrogens with two attached hydrogens (primary N) is 1. The Kier molecular flexibility index (Phi) is 1.26. The fourth-order valence-corrected chi connectivity index (χ4v) is 0.636. The molecule has 48 valence electrons. The number of nitrogens with zero attached hydrogens (tertiary/aromatic N) is 1. The summed E-state index contributed by atoms with van der Waals surface area (Å²) < 4.78 is 0. The Balaban J connectivity index is 3.08. The Morgan fingerprint density at radius 1 is 1.89 bits per heavy atom. The molecule has 1 rings (SSSR count). The fraction of sp³-hybridized carbons (Fsp3) is 0.167. The third-order valence-electron chi connectivity index (χ3n) is 1.13. The van der Waals surface area contributed by atoms with Crippen molar-refractivity contribution < 1.29 is 0 Å². The SMILES string of the molecule is C=C(C)c1cn[nH]c1N. The van der Waals surface area contributed by atoms with Crippen molar-refractivity contribution in [3.8, 4) is 0 Å². The number of nitrogens with one attached hydrogen (secondary N) is 1. The highest BCUT2D eigenvalue weighted by Crippen LogP contribution is 2.14. The first kappa shape index (κ1) is 5.88.